The SMILES string of the molecule is Cc1cc(N)cc(-c2cc3cc(C)ccc3o2)c1. The molecule has 0 aliphatic heterocycles. The van der Waals surface area contributed by atoms with E-state index < -0.39 is 0 Å². The largest absolute Gasteiger partial charge is 0.456 e. The van der Waals surface area contributed by atoms with Gasteiger partial charge in [0.15, 0.2) is 0 Å². The monoisotopic (exact) mass is 237 g/mol. The van der Waals surface area contributed by atoms with Crippen LogP contribution in [0.25, 0.3) is 22.3 Å². The molecule has 0 saturated carbocycles. The molecule has 2 nitrogen and oxygen atoms in total. The van der Waals surface area contributed by atoms with Crippen molar-refractivity contribution in [2.45, 2.75) is 13.8 Å². The molecule has 3 aromatic rings. The van der Waals surface area contributed by atoms with Crippen LogP contribution in [0, 0.1) is 13.8 Å². The van der Waals surface area contributed by atoms with Crippen LogP contribution < -0.4 is 5.73 Å². The van der Waals surface area contributed by atoms with Gasteiger partial charge in [0, 0.05) is 16.6 Å². The molecular formula is C16H15NO. The van der Waals surface area contributed by atoms with Gasteiger partial charge in [-0.05, 0) is 55.8 Å². The molecule has 90 valence electrons. The summed E-state index contributed by atoms with van der Waals surface area (Å²) in [5.41, 5.74) is 11.0. The molecule has 0 amide bonds. The quantitative estimate of drug-likeness (QED) is 0.641. The van der Waals surface area contributed by atoms with Crippen LogP contribution in [0.1, 0.15) is 11.1 Å². The zero-order valence-corrected chi connectivity index (χ0v) is 10.5. The number of nitrogens with two attached hydrogens (primary N) is 1. The molecule has 2 N–H and O–H groups in total. The van der Waals surface area contributed by atoms with Gasteiger partial charge in [0.2, 0.25) is 0 Å². The van der Waals surface area contributed by atoms with Gasteiger partial charge < -0.3 is 10.2 Å². The zero-order chi connectivity index (χ0) is 12.7. The molecule has 0 bridgehead atoms. The Balaban J connectivity index is 2.19. The first kappa shape index (κ1) is 10.9. The number of benzene rings is 2. The van der Waals surface area contributed by atoms with E-state index in [9.17, 15) is 0 Å². The average Bonchev–Trinajstić information content (AvgIpc) is 2.70. The highest BCUT2D eigenvalue weighted by Gasteiger charge is 2.07. The van der Waals surface area contributed by atoms with E-state index in [1.165, 1.54) is 5.56 Å². The van der Waals surface area contributed by atoms with E-state index in [0.717, 1.165) is 33.5 Å². The van der Waals surface area contributed by atoms with E-state index in [4.69, 9.17) is 10.2 Å². The van der Waals surface area contributed by atoms with E-state index in [2.05, 4.69) is 31.2 Å². The van der Waals surface area contributed by atoms with Gasteiger partial charge in [-0.1, -0.05) is 11.6 Å². The van der Waals surface area contributed by atoms with E-state index in [1.54, 1.807) is 0 Å². The summed E-state index contributed by atoms with van der Waals surface area (Å²) in [6.45, 7) is 4.11. The number of fused-ring (bicyclic) bond motifs is 1. The van der Waals surface area contributed by atoms with Crippen LogP contribution in [0.15, 0.2) is 46.9 Å². The Hall–Kier alpha value is -2.22. The van der Waals surface area contributed by atoms with Crippen LogP contribution in [0.2, 0.25) is 0 Å². The fraction of sp³-hybridized carbons (Fsp3) is 0.125. The molecule has 2 heteroatoms. The fourth-order valence-electron chi connectivity index (χ4n) is 2.26. The Labute approximate surface area is 106 Å². The third kappa shape index (κ3) is 1.86. The van der Waals surface area contributed by atoms with Crippen molar-refractivity contribution >= 4 is 16.7 Å². The van der Waals surface area contributed by atoms with Crippen molar-refractivity contribution in [3.05, 3.63) is 53.6 Å². The van der Waals surface area contributed by atoms with Crippen LogP contribution >= 0.6 is 0 Å². The highest BCUT2D eigenvalue weighted by Crippen LogP contribution is 2.30. The predicted octanol–water partition coefficient (Wildman–Crippen LogP) is 4.30. The molecule has 1 heterocycles. The molecule has 2 aromatic carbocycles. The molecule has 3 rings (SSSR count). The van der Waals surface area contributed by atoms with Gasteiger partial charge in [-0.2, -0.15) is 0 Å². The molecular weight excluding hydrogens is 222 g/mol. The van der Waals surface area contributed by atoms with Crippen LogP contribution in [0.4, 0.5) is 5.69 Å². The molecule has 0 aliphatic rings. The smallest absolute Gasteiger partial charge is 0.135 e. The molecule has 0 spiro atoms. The van der Waals surface area contributed by atoms with Gasteiger partial charge in [0.25, 0.3) is 0 Å². The van der Waals surface area contributed by atoms with Gasteiger partial charge in [-0.25, -0.2) is 0 Å². The van der Waals surface area contributed by atoms with Gasteiger partial charge in [-0.15, -0.1) is 0 Å². The summed E-state index contributed by atoms with van der Waals surface area (Å²) in [5, 5.41) is 1.13. The number of furan rings is 1. The van der Waals surface area contributed by atoms with Crippen LogP contribution in [0.3, 0.4) is 0 Å². The zero-order valence-electron chi connectivity index (χ0n) is 10.5. The number of rotatable bonds is 1. The van der Waals surface area contributed by atoms with E-state index >= 15 is 0 Å². The molecule has 0 fully saturated rings. The first-order chi connectivity index (χ1) is 8.61. The molecule has 0 aliphatic carbocycles. The minimum atomic E-state index is 0.765. The molecule has 18 heavy (non-hydrogen) atoms. The van der Waals surface area contributed by atoms with E-state index in [1.807, 2.05) is 25.1 Å². The Morgan fingerprint density at radius 1 is 0.889 bits per heavy atom. The molecule has 0 saturated heterocycles. The van der Waals surface area contributed by atoms with Gasteiger partial charge >= 0.3 is 0 Å². The lowest BCUT2D eigenvalue weighted by Gasteiger charge is -2.01. The maximum absolute atomic E-state index is 5.87. The number of nitrogen functional groups attached to an aromatic ring is 1. The highest BCUT2D eigenvalue weighted by atomic mass is 16.3. The first-order valence-electron chi connectivity index (χ1n) is 5.99. The van der Waals surface area contributed by atoms with Crippen molar-refractivity contribution in [1.29, 1.82) is 0 Å². The third-order valence-corrected chi connectivity index (χ3v) is 3.06. The van der Waals surface area contributed by atoms with Crippen molar-refractivity contribution in [3.63, 3.8) is 0 Å². The predicted molar refractivity (Wildman–Crippen MR) is 75.5 cm³/mol. The van der Waals surface area contributed by atoms with Crippen LogP contribution in [-0.4, -0.2) is 0 Å². The molecule has 0 unspecified atom stereocenters. The van der Waals surface area contributed by atoms with Crippen LogP contribution in [-0.2, 0) is 0 Å². The van der Waals surface area contributed by atoms with E-state index in [0.29, 0.717) is 0 Å². The fourth-order valence-corrected chi connectivity index (χ4v) is 2.26. The van der Waals surface area contributed by atoms with Gasteiger partial charge in [0.1, 0.15) is 11.3 Å². The maximum atomic E-state index is 5.87. The lowest BCUT2D eigenvalue weighted by molar-refractivity contribution is 0.631. The normalized spacial score (nSPS) is 11.0. The van der Waals surface area contributed by atoms with Crippen molar-refractivity contribution < 1.29 is 4.42 Å². The highest BCUT2D eigenvalue weighted by molar-refractivity contribution is 5.84. The van der Waals surface area contributed by atoms with Crippen molar-refractivity contribution in [3.8, 4) is 11.3 Å². The second kappa shape index (κ2) is 3.91. The summed E-state index contributed by atoms with van der Waals surface area (Å²) in [4.78, 5) is 0. The molecule has 0 radical (unpaired) electrons. The van der Waals surface area contributed by atoms with Gasteiger partial charge in [0.05, 0.1) is 0 Å². The number of aryl methyl sites for hydroxylation is 2. The number of hydrogen-bond donors (Lipinski definition) is 1. The summed E-state index contributed by atoms with van der Waals surface area (Å²) in [6, 6.07) is 14.2. The number of hydrogen-bond acceptors (Lipinski definition) is 2. The van der Waals surface area contributed by atoms with Crippen molar-refractivity contribution in [2.75, 3.05) is 5.73 Å². The Morgan fingerprint density at radius 2 is 1.72 bits per heavy atom. The molecule has 1 aromatic heterocycles. The lowest BCUT2D eigenvalue weighted by atomic mass is 10.1. The van der Waals surface area contributed by atoms with Gasteiger partial charge in [-0.3, -0.25) is 0 Å². The summed E-state index contributed by atoms with van der Waals surface area (Å²) >= 11 is 0. The Bertz CT molecular complexity index is 705. The van der Waals surface area contributed by atoms with E-state index in [-0.39, 0.29) is 0 Å². The van der Waals surface area contributed by atoms with Crippen molar-refractivity contribution in [1.82, 2.24) is 0 Å². The maximum Gasteiger partial charge on any atom is 0.135 e. The summed E-state index contributed by atoms with van der Waals surface area (Å²) in [7, 11) is 0. The second-order valence-electron chi connectivity index (χ2n) is 4.78. The first-order valence-corrected chi connectivity index (χ1v) is 5.99. The average molecular weight is 237 g/mol. The Morgan fingerprint density at radius 3 is 2.50 bits per heavy atom. The standard InChI is InChI=1S/C16H15NO/c1-10-3-4-15-13(5-10)9-16(18-15)12-6-11(2)7-14(17)8-12/h3-9H,17H2,1-2H3. The minimum absolute atomic E-state index is 0.765. The third-order valence-electron chi connectivity index (χ3n) is 3.06. The summed E-state index contributed by atoms with van der Waals surface area (Å²) in [5.74, 6) is 0.867. The molecule has 0 atom stereocenters. The topological polar surface area (TPSA) is 39.2 Å². The number of anilines is 1. The van der Waals surface area contributed by atoms with Crippen LogP contribution in [0.5, 0.6) is 0 Å². The lowest BCUT2D eigenvalue weighted by Crippen LogP contribution is -1.86. The summed E-state index contributed by atoms with van der Waals surface area (Å²) in [6.07, 6.45) is 0. The second-order valence-corrected chi connectivity index (χ2v) is 4.78. The summed E-state index contributed by atoms with van der Waals surface area (Å²) < 4.78 is 5.86. The van der Waals surface area contributed by atoms with Crippen molar-refractivity contribution in [2.24, 2.45) is 0 Å². The minimum Gasteiger partial charge on any atom is -0.456 e. The Kier molecular flexibility index (Phi) is 2.37.